The van der Waals surface area contributed by atoms with Crippen LogP contribution in [0.2, 0.25) is 0 Å². The van der Waals surface area contributed by atoms with E-state index in [9.17, 15) is 4.79 Å². The van der Waals surface area contributed by atoms with Crippen molar-refractivity contribution >= 4 is 35.1 Å². The van der Waals surface area contributed by atoms with Gasteiger partial charge in [-0.3, -0.25) is 9.89 Å². The van der Waals surface area contributed by atoms with Crippen LogP contribution in [0.5, 0.6) is 11.5 Å². The molecule has 1 aliphatic heterocycles. The number of benzene rings is 2. The Morgan fingerprint density at radius 2 is 1.93 bits per heavy atom. The van der Waals surface area contributed by atoms with Crippen molar-refractivity contribution < 1.29 is 14.3 Å². The second kappa shape index (κ2) is 8.57. The number of nitrogens with one attached hydrogen (secondary N) is 2. The maximum atomic E-state index is 12.7. The highest BCUT2D eigenvalue weighted by Gasteiger charge is 2.17. The number of nitrogens with zero attached hydrogens (tertiary/aromatic N) is 2. The first-order valence-electron chi connectivity index (χ1n) is 8.59. The highest BCUT2D eigenvalue weighted by Crippen LogP contribution is 2.39. The minimum atomic E-state index is -0.165. The summed E-state index contributed by atoms with van der Waals surface area (Å²) in [5.41, 5.74) is 2.41. The smallest absolute Gasteiger partial charge is 0.255 e. The average Bonchev–Trinajstić information content (AvgIpc) is 3.26. The third kappa shape index (κ3) is 4.26. The number of thioether (sulfide) groups is 2. The summed E-state index contributed by atoms with van der Waals surface area (Å²) >= 11 is 3.10. The van der Waals surface area contributed by atoms with E-state index < -0.39 is 0 Å². The van der Waals surface area contributed by atoms with Crippen molar-refractivity contribution in [3.05, 3.63) is 53.9 Å². The molecule has 7 nitrogen and oxygen atoms in total. The lowest BCUT2D eigenvalue weighted by Gasteiger charge is -2.21. The molecule has 1 aliphatic rings. The molecule has 28 heavy (non-hydrogen) atoms. The topological polar surface area (TPSA) is 89.1 Å². The molecule has 0 fully saturated rings. The van der Waals surface area contributed by atoms with Crippen LogP contribution in [0, 0.1) is 0 Å². The number of hydrogen-bond donors (Lipinski definition) is 2. The lowest BCUT2D eigenvalue weighted by molar-refractivity contribution is 0.102. The fourth-order valence-electron chi connectivity index (χ4n) is 2.70. The first-order valence-corrected chi connectivity index (χ1v) is 10.8. The first kappa shape index (κ1) is 18.7. The summed E-state index contributed by atoms with van der Waals surface area (Å²) in [5.74, 6) is 1.94. The molecule has 0 radical (unpaired) electrons. The largest absolute Gasteiger partial charge is 0.486 e. The van der Waals surface area contributed by atoms with Gasteiger partial charge in [-0.05, 0) is 30.0 Å². The molecule has 1 amide bonds. The maximum absolute atomic E-state index is 12.7. The zero-order chi connectivity index (χ0) is 19.3. The van der Waals surface area contributed by atoms with E-state index in [-0.39, 0.29) is 5.91 Å². The third-order valence-corrected chi connectivity index (χ3v) is 5.82. The Balaban J connectivity index is 1.44. The number of hydrogen-bond acceptors (Lipinski definition) is 7. The van der Waals surface area contributed by atoms with Gasteiger partial charge >= 0.3 is 0 Å². The first-order chi connectivity index (χ1) is 13.7. The summed E-state index contributed by atoms with van der Waals surface area (Å²) in [6.07, 6.45) is 3.44. The molecular weight excluding hydrogens is 396 g/mol. The molecule has 0 aliphatic carbocycles. The second-order valence-electron chi connectivity index (χ2n) is 5.93. The number of H-pyrrole nitrogens is 1. The van der Waals surface area contributed by atoms with Crippen LogP contribution in [0.1, 0.15) is 15.9 Å². The van der Waals surface area contributed by atoms with E-state index in [1.54, 1.807) is 23.5 Å². The van der Waals surface area contributed by atoms with Crippen molar-refractivity contribution in [2.75, 3.05) is 24.8 Å². The fraction of sp³-hybridized carbons (Fsp3) is 0.211. The lowest BCUT2D eigenvalue weighted by Crippen LogP contribution is -2.17. The van der Waals surface area contributed by atoms with Gasteiger partial charge in [-0.15, -0.1) is 11.8 Å². The summed E-state index contributed by atoms with van der Waals surface area (Å²) in [6, 6.07) is 11.2. The van der Waals surface area contributed by atoms with Crippen LogP contribution >= 0.6 is 23.5 Å². The van der Waals surface area contributed by atoms with E-state index in [0.29, 0.717) is 36.0 Å². The molecule has 1 aromatic heterocycles. The number of ether oxygens (including phenoxy) is 2. The molecule has 2 aromatic carbocycles. The molecule has 2 N–H and O–H groups in total. The summed E-state index contributed by atoms with van der Waals surface area (Å²) in [5, 5.41) is 10.4. The van der Waals surface area contributed by atoms with Crippen LogP contribution in [0.15, 0.2) is 52.8 Å². The monoisotopic (exact) mass is 414 g/mol. The van der Waals surface area contributed by atoms with Crippen LogP contribution in [0.25, 0.3) is 0 Å². The molecule has 9 heteroatoms. The summed E-state index contributed by atoms with van der Waals surface area (Å²) in [4.78, 5) is 17.7. The van der Waals surface area contributed by atoms with Crippen molar-refractivity contribution in [1.29, 1.82) is 0 Å². The minimum absolute atomic E-state index is 0.165. The number of rotatable bonds is 6. The number of aromatic amines is 1. The van der Waals surface area contributed by atoms with Crippen LogP contribution < -0.4 is 14.8 Å². The Morgan fingerprint density at radius 1 is 1.18 bits per heavy atom. The molecule has 2 heterocycles. The number of aromatic nitrogens is 3. The molecular formula is C19H18N4O3S2. The predicted molar refractivity (Wildman–Crippen MR) is 110 cm³/mol. The summed E-state index contributed by atoms with van der Waals surface area (Å²) in [6.45, 7) is 1.04. The molecule has 0 unspecified atom stereocenters. The maximum Gasteiger partial charge on any atom is 0.255 e. The summed E-state index contributed by atoms with van der Waals surface area (Å²) in [7, 11) is 0. The van der Waals surface area contributed by atoms with E-state index in [0.717, 1.165) is 21.4 Å². The number of carbonyl (C=O) groups is 1. The Labute approximate surface area is 170 Å². The zero-order valence-corrected chi connectivity index (χ0v) is 16.7. The van der Waals surface area contributed by atoms with Gasteiger partial charge in [0, 0.05) is 22.3 Å². The highest BCUT2D eigenvalue weighted by molar-refractivity contribution is 7.98. The van der Waals surface area contributed by atoms with Crippen LogP contribution in [-0.2, 0) is 5.75 Å². The minimum Gasteiger partial charge on any atom is -0.486 e. The van der Waals surface area contributed by atoms with Gasteiger partial charge in [0.15, 0.2) is 16.7 Å². The second-order valence-corrected chi connectivity index (χ2v) is 7.74. The van der Waals surface area contributed by atoms with Gasteiger partial charge in [0.25, 0.3) is 5.91 Å². The van der Waals surface area contributed by atoms with Gasteiger partial charge in [-0.2, -0.15) is 5.10 Å². The van der Waals surface area contributed by atoms with Crippen molar-refractivity contribution in [2.45, 2.75) is 15.8 Å². The molecule has 0 bridgehead atoms. The van der Waals surface area contributed by atoms with E-state index >= 15 is 0 Å². The fourth-order valence-corrected chi connectivity index (χ4v) is 3.99. The molecule has 0 atom stereocenters. The van der Waals surface area contributed by atoms with E-state index in [2.05, 4.69) is 20.5 Å². The van der Waals surface area contributed by atoms with Gasteiger partial charge < -0.3 is 14.8 Å². The van der Waals surface area contributed by atoms with Crippen LogP contribution in [-0.4, -0.2) is 40.6 Å². The number of anilines is 1. The van der Waals surface area contributed by atoms with Gasteiger partial charge in [-0.25, -0.2) is 4.98 Å². The molecule has 0 saturated heterocycles. The number of carbonyl (C=O) groups excluding carboxylic acids is 1. The Bertz CT molecular complexity index is 962. The van der Waals surface area contributed by atoms with E-state index in [1.807, 2.05) is 42.7 Å². The Hall–Kier alpha value is -2.65. The molecule has 0 saturated carbocycles. The van der Waals surface area contributed by atoms with Gasteiger partial charge in [0.1, 0.15) is 19.5 Å². The van der Waals surface area contributed by atoms with Crippen molar-refractivity contribution in [1.82, 2.24) is 15.2 Å². The van der Waals surface area contributed by atoms with Crippen molar-refractivity contribution in [3.8, 4) is 11.5 Å². The van der Waals surface area contributed by atoms with Crippen LogP contribution in [0.3, 0.4) is 0 Å². The van der Waals surface area contributed by atoms with Crippen molar-refractivity contribution in [2.24, 2.45) is 0 Å². The Morgan fingerprint density at radius 3 is 2.61 bits per heavy atom. The normalized spacial score (nSPS) is 12.6. The zero-order valence-electron chi connectivity index (χ0n) is 15.1. The number of amides is 1. The number of fused-ring (bicyclic) bond motifs is 1. The average molecular weight is 415 g/mol. The third-order valence-electron chi connectivity index (χ3n) is 4.10. The molecule has 3 aromatic rings. The Kier molecular flexibility index (Phi) is 5.73. The van der Waals surface area contributed by atoms with Crippen LogP contribution in [0.4, 0.5) is 5.69 Å². The summed E-state index contributed by atoms with van der Waals surface area (Å²) < 4.78 is 11.2. The van der Waals surface area contributed by atoms with Gasteiger partial charge in [0.05, 0.1) is 5.69 Å². The quantitative estimate of drug-likeness (QED) is 0.592. The molecule has 4 rings (SSSR count). The van der Waals surface area contributed by atoms with Gasteiger partial charge in [0.2, 0.25) is 0 Å². The lowest BCUT2D eigenvalue weighted by atomic mass is 10.1. The highest BCUT2D eigenvalue weighted by atomic mass is 32.2. The standard InChI is InChI=1S/C19H18N4O3S2/c1-27-17-9-16-15(25-6-7-26-16)8-14(17)22-18(24)13-4-2-12(3-5-13)10-28-19-20-11-21-23-19/h2-5,8-9,11H,6-7,10H2,1H3,(H,22,24)(H,20,21,23). The predicted octanol–water partition coefficient (Wildman–Crippen LogP) is 3.84. The van der Waals surface area contributed by atoms with E-state index in [4.69, 9.17) is 9.47 Å². The molecule has 144 valence electrons. The SMILES string of the molecule is CSc1cc2c(cc1NC(=O)c1ccc(CSc3ncn[nH]3)cc1)OCCO2. The van der Waals surface area contributed by atoms with Gasteiger partial charge in [-0.1, -0.05) is 23.9 Å². The molecule has 0 spiro atoms. The van der Waals surface area contributed by atoms with Crippen molar-refractivity contribution in [3.63, 3.8) is 0 Å². The van der Waals surface area contributed by atoms with E-state index in [1.165, 1.54) is 6.33 Å².